The molecule has 0 amide bonds. The number of nitrogens with two attached hydrogens (primary N) is 1. The quantitative estimate of drug-likeness (QED) is 0.682. The third-order valence-electron chi connectivity index (χ3n) is 3.18. The van der Waals surface area contributed by atoms with E-state index in [4.69, 9.17) is 5.73 Å². The van der Waals surface area contributed by atoms with E-state index in [1.54, 1.807) is 16.9 Å². The number of halogens is 2. The van der Waals surface area contributed by atoms with E-state index in [0.29, 0.717) is 5.56 Å². The van der Waals surface area contributed by atoms with Crippen molar-refractivity contribution in [2.75, 3.05) is 5.73 Å². The van der Waals surface area contributed by atoms with Crippen LogP contribution < -0.4 is 5.73 Å². The van der Waals surface area contributed by atoms with Crippen molar-refractivity contribution < 1.29 is 8.78 Å². The van der Waals surface area contributed by atoms with Crippen LogP contribution in [0.15, 0.2) is 36.5 Å². The minimum atomic E-state index is -0.754. The van der Waals surface area contributed by atoms with E-state index in [1.807, 2.05) is 19.2 Å². The minimum absolute atomic E-state index is 0.447. The van der Waals surface area contributed by atoms with E-state index < -0.39 is 17.3 Å². The molecule has 0 aliphatic heterocycles. The summed E-state index contributed by atoms with van der Waals surface area (Å²) in [5.74, 6) is -1.51. The summed E-state index contributed by atoms with van der Waals surface area (Å²) in [4.78, 5) is 0. The predicted octanol–water partition coefficient (Wildman–Crippen LogP) is 3.10. The smallest absolute Gasteiger partial charge is 0.149 e. The Morgan fingerprint density at radius 3 is 2.53 bits per heavy atom. The minimum Gasteiger partial charge on any atom is -0.394 e. The van der Waals surface area contributed by atoms with E-state index in [-0.39, 0.29) is 0 Å². The van der Waals surface area contributed by atoms with Crippen molar-refractivity contribution in [2.45, 2.75) is 0 Å². The average Bonchev–Trinajstić information content (AvgIpc) is 2.77. The molecule has 0 saturated heterocycles. The molecule has 0 atom stereocenters. The van der Waals surface area contributed by atoms with Crippen LogP contribution >= 0.6 is 0 Å². The van der Waals surface area contributed by atoms with Crippen molar-refractivity contribution in [1.29, 1.82) is 0 Å². The standard InChI is InChI=1S/C14H11F2N3/c1-19-13-4-2-3-9(10(13)7-18-19)8-5-11(15)14(17)12(16)6-8/h2-7H,17H2,1H3. The van der Waals surface area contributed by atoms with Gasteiger partial charge in [-0.1, -0.05) is 12.1 Å². The van der Waals surface area contributed by atoms with Gasteiger partial charge in [-0.3, -0.25) is 4.68 Å². The number of nitrogens with zero attached hydrogens (tertiary/aromatic N) is 2. The molecule has 2 aromatic carbocycles. The summed E-state index contributed by atoms with van der Waals surface area (Å²) in [7, 11) is 1.82. The molecule has 0 aliphatic carbocycles. The topological polar surface area (TPSA) is 43.8 Å². The molecule has 0 spiro atoms. The molecule has 0 fully saturated rings. The Morgan fingerprint density at radius 2 is 1.84 bits per heavy atom. The molecule has 3 rings (SSSR count). The summed E-state index contributed by atoms with van der Waals surface area (Å²) >= 11 is 0. The maximum absolute atomic E-state index is 13.5. The number of hydrogen-bond acceptors (Lipinski definition) is 2. The lowest BCUT2D eigenvalue weighted by Gasteiger charge is -2.06. The number of anilines is 1. The Morgan fingerprint density at radius 1 is 1.16 bits per heavy atom. The van der Waals surface area contributed by atoms with Gasteiger partial charge in [0.1, 0.15) is 17.3 Å². The van der Waals surface area contributed by atoms with Gasteiger partial charge in [-0.25, -0.2) is 8.78 Å². The largest absolute Gasteiger partial charge is 0.394 e. The second-order valence-corrected chi connectivity index (χ2v) is 4.36. The number of fused-ring (bicyclic) bond motifs is 1. The summed E-state index contributed by atoms with van der Waals surface area (Å²) in [5, 5.41) is 4.99. The van der Waals surface area contributed by atoms with Gasteiger partial charge in [0.05, 0.1) is 11.7 Å². The summed E-state index contributed by atoms with van der Waals surface area (Å²) in [6.07, 6.45) is 1.68. The molecule has 2 N–H and O–H groups in total. The maximum atomic E-state index is 13.5. The number of hydrogen-bond donors (Lipinski definition) is 1. The Kier molecular flexibility index (Phi) is 2.48. The van der Waals surface area contributed by atoms with Gasteiger partial charge in [0.2, 0.25) is 0 Å². The first-order valence-corrected chi connectivity index (χ1v) is 5.73. The molecule has 96 valence electrons. The van der Waals surface area contributed by atoms with Crippen LogP contribution in [0.25, 0.3) is 22.0 Å². The van der Waals surface area contributed by atoms with Gasteiger partial charge in [0.15, 0.2) is 0 Å². The molecule has 0 unspecified atom stereocenters. The van der Waals surface area contributed by atoms with Crippen molar-refractivity contribution in [1.82, 2.24) is 9.78 Å². The van der Waals surface area contributed by atoms with Crippen LogP contribution in [-0.4, -0.2) is 9.78 Å². The lowest BCUT2D eigenvalue weighted by molar-refractivity contribution is 0.592. The van der Waals surface area contributed by atoms with Crippen molar-refractivity contribution in [3.63, 3.8) is 0 Å². The number of benzene rings is 2. The second kappa shape index (κ2) is 4.05. The van der Waals surface area contributed by atoms with Crippen molar-refractivity contribution in [3.05, 3.63) is 48.2 Å². The third-order valence-corrected chi connectivity index (χ3v) is 3.18. The SMILES string of the molecule is Cn1ncc2c(-c3cc(F)c(N)c(F)c3)cccc21. The summed E-state index contributed by atoms with van der Waals surface area (Å²) < 4.78 is 28.8. The normalized spacial score (nSPS) is 11.1. The first-order chi connectivity index (χ1) is 9.08. The lowest BCUT2D eigenvalue weighted by atomic mass is 10.0. The molecular formula is C14H11F2N3. The molecule has 5 heteroatoms. The van der Waals surface area contributed by atoms with Crippen LogP contribution in [0, 0.1) is 11.6 Å². The van der Waals surface area contributed by atoms with Crippen LogP contribution in [-0.2, 0) is 7.05 Å². The highest BCUT2D eigenvalue weighted by Gasteiger charge is 2.12. The Hall–Kier alpha value is -2.43. The second-order valence-electron chi connectivity index (χ2n) is 4.36. The van der Waals surface area contributed by atoms with E-state index in [9.17, 15) is 8.78 Å². The molecule has 1 heterocycles. The van der Waals surface area contributed by atoms with Gasteiger partial charge in [-0.2, -0.15) is 5.10 Å². The highest BCUT2D eigenvalue weighted by Crippen LogP contribution is 2.31. The fourth-order valence-electron chi connectivity index (χ4n) is 2.17. The maximum Gasteiger partial charge on any atom is 0.149 e. The highest BCUT2D eigenvalue weighted by atomic mass is 19.1. The summed E-state index contributed by atoms with van der Waals surface area (Å²) in [6, 6.07) is 8.00. The van der Waals surface area contributed by atoms with Crippen molar-refractivity contribution in [2.24, 2.45) is 7.05 Å². The van der Waals surface area contributed by atoms with Gasteiger partial charge in [-0.15, -0.1) is 0 Å². The zero-order chi connectivity index (χ0) is 13.6. The summed E-state index contributed by atoms with van der Waals surface area (Å²) in [6.45, 7) is 0. The molecule has 19 heavy (non-hydrogen) atoms. The van der Waals surface area contributed by atoms with Gasteiger partial charge in [-0.05, 0) is 29.3 Å². The lowest BCUT2D eigenvalue weighted by Crippen LogP contribution is -1.96. The fraction of sp³-hybridized carbons (Fsp3) is 0.0714. The van der Waals surface area contributed by atoms with Crippen molar-refractivity contribution in [3.8, 4) is 11.1 Å². The zero-order valence-electron chi connectivity index (χ0n) is 10.2. The van der Waals surface area contributed by atoms with Crippen LogP contribution in [0.3, 0.4) is 0 Å². The van der Waals surface area contributed by atoms with Crippen LogP contribution in [0.1, 0.15) is 0 Å². The Bertz CT molecular complexity index is 754. The predicted molar refractivity (Wildman–Crippen MR) is 70.5 cm³/mol. The van der Waals surface area contributed by atoms with Crippen LogP contribution in [0.5, 0.6) is 0 Å². The number of rotatable bonds is 1. The van der Waals surface area contributed by atoms with E-state index in [0.717, 1.165) is 16.5 Å². The Labute approximate surface area is 108 Å². The van der Waals surface area contributed by atoms with Crippen LogP contribution in [0.2, 0.25) is 0 Å². The molecule has 0 aliphatic rings. The van der Waals surface area contributed by atoms with E-state index >= 15 is 0 Å². The summed E-state index contributed by atoms with van der Waals surface area (Å²) in [5.41, 5.74) is 6.89. The first kappa shape index (κ1) is 11.6. The molecular weight excluding hydrogens is 248 g/mol. The van der Waals surface area contributed by atoms with Gasteiger partial charge >= 0.3 is 0 Å². The molecule has 1 aromatic heterocycles. The molecule has 0 radical (unpaired) electrons. The molecule has 3 aromatic rings. The number of aryl methyl sites for hydroxylation is 1. The zero-order valence-corrected chi connectivity index (χ0v) is 10.2. The van der Waals surface area contributed by atoms with E-state index in [2.05, 4.69) is 5.10 Å². The Balaban J connectivity index is 2.30. The van der Waals surface area contributed by atoms with Gasteiger partial charge < -0.3 is 5.73 Å². The van der Waals surface area contributed by atoms with Gasteiger partial charge in [0.25, 0.3) is 0 Å². The van der Waals surface area contributed by atoms with Gasteiger partial charge in [0, 0.05) is 12.4 Å². The first-order valence-electron chi connectivity index (χ1n) is 5.73. The average molecular weight is 259 g/mol. The molecule has 0 saturated carbocycles. The third kappa shape index (κ3) is 1.74. The molecule has 0 bridgehead atoms. The molecule has 3 nitrogen and oxygen atoms in total. The fourth-order valence-corrected chi connectivity index (χ4v) is 2.17. The monoisotopic (exact) mass is 259 g/mol. The highest BCUT2D eigenvalue weighted by molar-refractivity contribution is 5.94. The van der Waals surface area contributed by atoms with Crippen molar-refractivity contribution >= 4 is 16.6 Å². The van der Waals surface area contributed by atoms with Crippen LogP contribution in [0.4, 0.5) is 14.5 Å². The number of nitrogen functional groups attached to an aromatic ring is 1. The van der Waals surface area contributed by atoms with E-state index in [1.165, 1.54) is 12.1 Å². The number of aromatic nitrogens is 2.